The van der Waals surface area contributed by atoms with Gasteiger partial charge in [-0.3, -0.25) is 0 Å². The third-order valence-electron chi connectivity index (χ3n) is 3.11. The number of benzene rings is 1. The summed E-state index contributed by atoms with van der Waals surface area (Å²) < 4.78 is 10.9. The first kappa shape index (κ1) is 14.5. The van der Waals surface area contributed by atoms with Crippen molar-refractivity contribution < 1.29 is 19.4 Å². The van der Waals surface area contributed by atoms with Gasteiger partial charge in [0.05, 0.1) is 0 Å². The van der Waals surface area contributed by atoms with Crippen molar-refractivity contribution in [1.82, 2.24) is 5.32 Å². The number of anilines is 1. The lowest BCUT2D eigenvalue weighted by Crippen LogP contribution is -2.38. The Morgan fingerprint density at radius 3 is 2.80 bits per heavy atom. The molecule has 0 saturated heterocycles. The molecule has 0 radical (unpaired) electrons. The summed E-state index contributed by atoms with van der Waals surface area (Å²) in [7, 11) is 0. The smallest absolute Gasteiger partial charge is 0.319 e. The van der Waals surface area contributed by atoms with Crippen LogP contribution in [0.1, 0.15) is 19.8 Å². The predicted molar refractivity (Wildman–Crippen MR) is 75.4 cm³/mol. The molecule has 20 heavy (non-hydrogen) atoms. The average Bonchev–Trinajstić information content (AvgIpc) is 2.46. The van der Waals surface area contributed by atoms with Gasteiger partial charge in [-0.1, -0.05) is 6.92 Å². The molecule has 3 N–H and O–H groups in total. The molecule has 0 fully saturated rings. The summed E-state index contributed by atoms with van der Waals surface area (Å²) in [5, 5.41) is 14.5. The number of hydrogen-bond acceptors (Lipinski definition) is 4. The maximum absolute atomic E-state index is 11.8. The molecule has 0 bridgehead atoms. The van der Waals surface area contributed by atoms with Crippen molar-refractivity contribution in [3.05, 3.63) is 18.2 Å². The Labute approximate surface area is 118 Å². The van der Waals surface area contributed by atoms with Crippen LogP contribution in [0.3, 0.4) is 0 Å². The van der Waals surface area contributed by atoms with E-state index in [-0.39, 0.29) is 18.7 Å². The minimum Gasteiger partial charge on any atom is -0.486 e. The molecule has 0 aliphatic carbocycles. The van der Waals surface area contributed by atoms with Gasteiger partial charge in [-0.15, -0.1) is 0 Å². The molecule has 2 amide bonds. The highest BCUT2D eigenvalue weighted by Crippen LogP contribution is 2.32. The second-order valence-corrected chi connectivity index (χ2v) is 4.57. The van der Waals surface area contributed by atoms with Crippen molar-refractivity contribution in [3.63, 3.8) is 0 Å². The lowest BCUT2D eigenvalue weighted by molar-refractivity contribution is 0.171. The standard InChI is InChI=1S/C14H20N2O4/c1-2-10(5-6-17)15-14(18)16-11-3-4-12-13(9-11)20-8-7-19-12/h3-4,9-10,17H,2,5-8H2,1H3,(H2,15,16,18). The fraction of sp³-hybridized carbons (Fsp3) is 0.500. The zero-order valence-electron chi connectivity index (χ0n) is 11.5. The number of hydrogen-bond donors (Lipinski definition) is 3. The number of rotatable bonds is 5. The molecule has 6 heteroatoms. The molecular weight excluding hydrogens is 260 g/mol. The molecule has 6 nitrogen and oxygen atoms in total. The van der Waals surface area contributed by atoms with Crippen molar-refractivity contribution in [2.75, 3.05) is 25.1 Å². The molecule has 0 saturated carbocycles. The molecule has 1 heterocycles. The third kappa shape index (κ3) is 3.77. The van der Waals surface area contributed by atoms with Crippen molar-refractivity contribution in [2.45, 2.75) is 25.8 Å². The van der Waals surface area contributed by atoms with E-state index in [1.165, 1.54) is 0 Å². The van der Waals surface area contributed by atoms with Gasteiger partial charge >= 0.3 is 6.03 Å². The number of ether oxygens (including phenoxy) is 2. The van der Waals surface area contributed by atoms with Crippen LogP contribution in [0.25, 0.3) is 0 Å². The second kappa shape index (κ2) is 7.00. The Morgan fingerprint density at radius 2 is 2.10 bits per heavy atom. The molecule has 1 unspecified atom stereocenters. The fourth-order valence-corrected chi connectivity index (χ4v) is 2.01. The van der Waals surface area contributed by atoms with E-state index in [1.807, 2.05) is 6.92 Å². The number of nitrogens with one attached hydrogen (secondary N) is 2. The van der Waals surface area contributed by atoms with Gasteiger partial charge in [-0.05, 0) is 25.0 Å². The lowest BCUT2D eigenvalue weighted by atomic mass is 10.2. The van der Waals surface area contributed by atoms with E-state index in [1.54, 1.807) is 18.2 Å². The van der Waals surface area contributed by atoms with E-state index in [2.05, 4.69) is 10.6 Å². The summed E-state index contributed by atoms with van der Waals surface area (Å²) in [6, 6.07) is 4.95. The number of fused-ring (bicyclic) bond motifs is 1. The summed E-state index contributed by atoms with van der Waals surface area (Å²) >= 11 is 0. The van der Waals surface area contributed by atoms with Crippen LogP contribution in [0.5, 0.6) is 11.5 Å². The Morgan fingerprint density at radius 1 is 1.35 bits per heavy atom. The SMILES string of the molecule is CCC(CCO)NC(=O)Nc1ccc2c(c1)OCCO2. The van der Waals surface area contributed by atoms with E-state index in [0.717, 1.165) is 6.42 Å². The predicted octanol–water partition coefficient (Wildman–Crippen LogP) is 1.74. The summed E-state index contributed by atoms with van der Waals surface area (Å²) in [6.07, 6.45) is 1.32. The number of carbonyl (C=O) groups is 1. The monoisotopic (exact) mass is 280 g/mol. The fourth-order valence-electron chi connectivity index (χ4n) is 2.01. The number of carbonyl (C=O) groups excluding carboxylic acids is 1. The first-order valence-electron chi connectivity index (χ1n) is 6.81. The van der Waals surface area contributed by atoms with Crippen LogP contribution in [0.2, 0.25) is 0 Å². The Hall–Kier alpha value is -1.95. The number of amides is 2. The zero-order valence-corrected chi connectivity index (χ0v) is 11.5. The summed E-state index contributed by atoms with van der Waals surface area (Å²) in [6.45, 7) is 3.07. The molecule has 1 aliphatic rings. The first-order valence-corrected chi connectivity index (χ1v) is 6.81. The third-order valence-corrected chi connectivity index (χ3v) is 3.11. The first-order chi connectivity index (χ1) is 9.72. The van der Waals surface area contributed by atoms with E-state index in [0.29, 0.717) is 36.8 Å². The molecular formula is C14H20N2O4. The molecule has 1 aliphatic heterocycles. The summed E-state index contributed by atoms with van der Waals surface area (Å²) in [4.78, 5) is 11.8. The normalized spacial score (nSPS) is 14.5. The highest BCUT2D eigenvalue weighted by Gasteiger charge is 2.14. The van der Waals surface area contributed by atoms with Gasteiger partial charge < -0.3 is 25.2 Å². The topological polar surface area (TPSA) is 79.8 Å². The Balaban J connectivity index is 1.94. The van der Waals surface area contributed by atoms with Crippen molar-refractivity contribution in [3.8, 4) is 11.5 Å². The Bertz CT molecular complexity index is 464. The van der Waals surface area contributed by atoms with E-state index >= 15 is 0 Å². The largest absolute Gasteiger partial charge is 0.486 e. The highest BCUT2D eigenvalue weighted by atomic mass is 16.6. The molecule has 110 valence electrons. The van der Waals surface area contributed by atoms with Gasteiger partial charge in [0.2, 0.25) is 0 Å². The van der Waals surface area contributed by atoms with Crippen LogP contribution >= 0.6 is 0 Å². The molecule has 0 aromatic heterocycles. The van der Waals surface area contributed by atoms with Crippen LogP contribution < -0.4 is 20.1 Å². The molecule has 2 rings (SSSR count). The van der Waals surface area contributed by atoms with Crippen molar-refractivity contribution >= 4 is 11.7 Å². The van der Waals surface area contributed by atoms with Crippen LogP contribution in [0.15, 0.2) is 18.2 Å². The molecule has 1 aromatic carbocycles. The van der Waals surface area contributed by atoms with Gasteiger partial charge in [0.25, 0.3) is 0 Å². The van der Waals surface area contributed by atoms with Gasteiger partial charge in [0.1, 0.15) is 13.2 Å². The average molecular weight is 280 g/mol. The maximum Gasteiger partial charge on any atom is 0.319 e. The zero-order chi connectivity index (χ0) is 14.4. The molecule has 1 atom stereocenters. The lowest BCUT2D eigenvalue weighted by Gasteiger charge is -2.20. The van der Waals surface area contributed by atoms with Crippen LogP contribution in [-0.2, 0) is 0 Å². The number of urea groups is 1. The van der Waals surface area contributed by atoms with Crippen LogP contribution in [0, 0.1) is 0 Å². The van der Waals surface area contributed by atoms with Crippen molar-refractivity contribution in [1.29, 1.82) is 0 Å². The van der Waals surface area contributed by atoms with Gasteiger partial charge in [0.15, 0.2) is 11.5 Å². The minimum atomic E-state index is -0.290. The van der Waals surface area contributed by atoms with Crippen molar-refractivity contribution in [2.24, 2.45) is 0 Å². The van der Waals surface area contributed by atoms with E-state index < -0.39 is 0 Å². The second-order valence-electron chi connectivity index (χ2n) is 4.57. The summed E-state index contributed by atoms with van der Waals surface area (Å²) in [5.41, 5.74) is 0.644. The highest BCUT2D eigenvalue weighted by molar-refractivity contribution is 5.89. The van der Waals surface area contributed by atoms with Crippen LogP contribution in [0.4, 0.5) is 10.5 Å². The van der Waals surface area contributed by atoms with Gasteiger partial charge in [-0.2, -0.15) is 0 Å². The quantitative estimate of drug-likeness (QED) is 0.767. The van der Waals surface area contributed by atoms with E-state index in [4.69, 9.17) is 14.6 Å². The van der Waals surface area contributed by atoms with Crippen LogP contribution in [-0.4, -0.2) is 37.0 Å². The minimum absolute atomic E-state index is 0.0304. The molecule has 0 spiro atoms. The Kier molecular flexibility index (Phi) is 5.06. The van der Waals surface area contributed by atoms with Gasteiger partial charge in [0, 0.05) is 24.4 Å². The maximum atomic E-state index is 11.8. The van der Waals surface area contributed by atoms with Gasteiger partial charge in [-0.25, -0.2) is 4.79 Å². The number of aliphatic hydroxyl groups excluding tert-OH is 1. The number of aliphatic hydroxyl groups is 1. The van der Waals surface area contributed by atoms with E-state index in [9.17, 15) is 4.79 Å². The molecule has 1 aromatic rings. The summed E-state index contributed by atoms with van der Waals surface area (Å²) in [5.74, 6) is 1.32.